The van der Waals surface area contributed by atoms with E-state index in [1.807, 2.05) is 6.92 Å². The topological polar surface area (TPSA) is 66.8 Å². The number of aromatic nitrogens is 1. The molecule has 1 fully saturated rings. The number of rotatable bonds is 6. The van der Waals surface area contributed by atoms with Gasteiger partial charge in [0.1, 0.15) is 0 Å². The molecule has 1 aliphatic heterocycles. The fourth-order valence-corrected chi connectivity index (χ4v) is 4.18. The predicted molar refractivity (Wildman–Crippen MR) is 118 cm³/mol. The molecule has 0 radical (unpaired) electrons. The highest BCUT2D eigenvalue weighted by molar-refractivity contribution is 14.0. The maximum atomic E-state index is 12.0. The smallest absolute Gasteiger partial charge is 0.310 e. The van der Waals surface area contributed by atoms with Crippen LogP contribution in [0.5, 0.6) is 0 Å². The molecule has 0 spiro atoms. The van der Waals surface area contributed by atoms with Gasteiger partial charge in [-0.3, -0.25) is 9.79 Å². The summed E-state index contributed by atoms with van der Waals surface area (Å²) in [4.78, 5) is 24.5. The van der Waals surface area contributed by atoms with Gasteiger partial charge in [-0.2, -0.15) is 0 Å². The van der Waals surface area contributed by atoms with Crippen molar-refractivity contribution in [3.63, 3.8) is 0 Å². The van der Waals surface area contributed by atoms with Gasteiger partial charge in [0.05, 0.1) is 23.2 Å². The summed E-state index contributed by atoms with van der Waals surface area (Å²) in [6.45, 7) is 8.96. The van der Waals surface area contributed by atoms with Gasteiger partial charge < -0.3 is 15.0 Å². The van der Waals surface area contributed by atoms with Crippen LogP contribution >= 0.6 is 35.3 Å². The number of ether oxygens (including phenoxy) is 1. The van der Waals surface area contributed by atoms with E-state index >= 15 is 0 Å². The highest BCUT2D eigenvalue weighted by atomic mass is 127. The normalized spacial score (nSPS) is 17.6. The molecule has 26 heavy (non-hydrogen) atoms. The summed E-state index contributed by atoms with van der Waals surface area (Å²) in [5, 5.41) is 4.58. The first-order valence-electron chi connectivity index (χ1n) is 9.16. The van der Waals surface area contributed by atoms with E-state index in [2.05, 4.69) is 34.0 Å². The van der Waals surface area contributed by atoms with Gasteiger partial charge in [-0.1, -0.05) is 6.92 Å². The second-order valence-electron chi connectivity index (χ2n) is 6.23. The van der Waals surface area contributed by atoms with Crippen LogP contribution < -0.4 is 5.32 Å². The van der Waals surface area contributed by atoms with Gasteiger partial charge in [0.2, 0.25) is 0 Å². The number of nitrogens with one attached hydrogen (secondary N) is 1. The van der Waals surface area contributed by atoms with Gasteiger partial charge in [0, 0.05) is 38.0 Å². The van der Waals surface area contributed by atoms with Crippen LogP contribution in [0, 0.1) is 12.8 Å². The Morgan fingerprint density at radius 1 is 1.46 bits per heavy atom. The first-order chi connectivity index (χ1) is 12.1. The Labute approximate surface area is 177 Å². The fraction of sp³-hybridized carbons (Fsp3) is 0.722. The Bertz CT molecular complexity index is 606. The second kappa shape index (κ2) is 11.7. The quantitative estimate of drug-likeness (QED) is 0.285. The number of piperidine rings is 1. The van der Waals surface area contributed by atoms with Gasteiger partial charge in [0.15, 0.2) is 5.96 Å². The number of esters is 1. The molecule has 0 amide bonds. The van der Waals surface area contributed by atoms with Gasteiger partial charge in [0.25, 0.3) is 0 Å². The molecule has 2 heterocycles. The second-order valence-corrected chi connectivity index (χ2v) is 7.51. The van der Waals surface area contributed by atoms with E-state index in [1.165, 1.54) is 15.6 Å². The number of nitrogens with zero attached hydrogens (tertiary/aromatic N) is 3. The van der Waals surface area contributed by atoms with Crippen molar-refractivity contribution in [2.24, 2.45) is 10.9 Å². The van der Waals surface area contributed by atoms with E-state index in [0.29, 0.717) is 13.2 Å². The molecule has 0 saturated carbocycles. The Kier molecular flexibility index (Phi) is 10.4. The third kappa shape index (κ3) is 6.37. The number of aliphatic imine (C=N–C) groups is 1. The number of hydrogen-bond acceptors (Lipinski definition) is 5. The van der Waals surface area contributed by atoms with Crippen LogP contribution in [0.2, 0.25) is 0 Å². The van der Waals surface area contributed by atoms with Crippen LogP contribution in [-0.4, -0.2) is 55.1 Å². The maximum absolute atomic E-state index is 12.0. The number of hydrogen-bond donors (Lipinski definition) is 1. The van der Waals surface area contributed by atoms with Crippen LogP contribution in [0.15, 0.2) is 4.99 Å². The van der Waals surface area contributed by atoms with Gasteiger partial charge in [-0.05, 0) is 33.1 Å². The van der Waals surface area contributed by atoms with Crippen molar-refractivity contribution in [3.05, 3.63) is 15.6 Å². The lowest BCUT2D eigenvalue weighted by Crippen LogP contribution is -2.48. The van der Waals surface area contributed by atoms with E-state index in [-0.39, 0.29) is 35.9 Å². The molecule has 0 aromatic carbocycles. The number of guanidine groups is 1. The van der Waals surface area contributed by atoms with Crippen molar-refractivity contribution < 1.29 is 9.53 Å². The van der Waals surface area contributed by atoms with Crippen molar-refractivity contribution >= 4 is 47.2 Å². The molecule has 0 bridgehead atoms. The Balaban J connectivity index is 0.00000338. The van der Waals surface area contributed by atoms with Crippen LogP contribution in [0.1, 0.15) is 42.3 Å². The van der Waals surface area contributed by atoms with Crippen LogP contribution in [0.4, 0.5) is 0 Å². The zero-order chi connectivity index (χ0) is 18.2. The van der Waals surface area contributed by atoms with E-state index < -0.39 is 0 Å². The number of carbonyl (C=O) groups is 1. The molecular weight excluding hydrogens is 463 g/mol. The summed E-state index contributed by atoms with van der Waals surface area (Å²) in [5.41, 5.74) is 1.21. The van der Waals surface area contributed by atoms with E-state index in [0.717, 1.165) is 44.7 Å². The number of aryl methyl sites for hydroxylation is 2. The molecule has 1 aromatic rings. The van der Waals surface area contributed by atoms with Gasteiger partial charge in [-0.25, -0.2) is 4.98 Å². The summed E-state index contributed by atoms with van der Waals surface area (Å²) < 4.78 is 5.17. The lowest BCUT2D eigenvalue weighted by atomic mass is 9.98. The van der Waals surface area contributed by atoms with E-state index in [4.69, 9.17) is 4.74 Å². The van der Waals surface area contributed by atoms with Gasteiger partial charge in [-0.15, -0.1) is 35.3 Å². The van der Waals surface area contributed by atoms with Crippen LogP contribution in [0.3, 0.4) is 0 Å². The Morgan fingerprint density at radius 2 is 2.23 bits per heavy atom. The highest BCUT2D eigenvalue weighted by Gasteiger charge is 2.28. The molecule has 1 aliphatic rings. The average molecular weight is 494 g/mol. The molecule has 0 aliphatic carbocycles. The summed E-state index contributed by atoms with van der Waals surface area (Å²) in [6, 6.07) is 0. The van der Waals surface area contributed by atoms with Crippen molar-refractivity contribution in [3.8, 4) is 0 Å². The number of halogens is 1. The summed E-state index contributed by atoms with van der Waals surface area (Å²) in [7, 11) is 1.79. The zero-order valence-corrected chi connectivity index (χ0v) is 19.4. The van der Waals surface area contributed by atoms with Crippen molar-refractivity contribution in [2.75, 3.05) is 33.3 Å². The molecule has 148 valence electrons. The molecule has 1 N–H and O–H groups in total. The minimum absolute atomic E-state index is 0. The molecule has 8 heteroatoms. The molecular formula is C18H31IN4O2S. The summed E-state index contributed by atoms with van der Waals surface area (Å²) in [5.74, 6) is 0.715. The summed E-state index contributed by atoms with van der Waals surface area (Å²) >= 11 is 1.78. The third-order valence-corrected chi connectivity index (χ3v) is 5.52. The highest BCUT2D eigenvalue weighted by Crippen LogP contribution is 2.19. The molecule has 1 unspecified atom stereocenters. The fourth-order valence-electron chi connectivity index (χ4n) is 3.16. The number of likely N-dealkylation sites (tertiary alicyclic amines) is 1. The van der Waals surface area contributed by atoms with Gasteiger partial charge >= 0.3 is 5.97 Å². The van der Waals surface area contributed by atoms with Crippen molar-refractivity contribution in [2.45, 2.75) is 46.5 Å². The molecule has 1 saturated heterocycles. The summed E-state index contributed by atoms with van der Waals surface area (Å²) in [6.07, 6.45) is 3.75. The number of carbonyl (C=O) groups excluding carboxylic acids is 1. The first-order valence-corrected chi connectivity index (χ1v) is 9.98. The standard InChI is InChI=1S/C18H30N4O2S.HI/c1-5-15-13(3)25-16(21-15)9-10-20-18(19-4)22-11-7-8-14(12-22)17(23)24-6-2;/h14H,5-12H2,1-4H3,(H,19,20);1H. The molecule has 1 atom stereocenters. The van der Waals surface area contributed by atoms with Crippen molar-refractivity contribution in [1.82, 2.24) is 15.2 Å². The Morgan fingerprint density at radius 3 is 2.85 bits per heavy atom. The van der Waals surface area contributed by atoms with E-state index in [1.54, 1.807) is 18.4 Å². The SMILES string of the molecule is CCOC(=O)C1CCCN(C(=NC)NCCc2nc(CC)c(C)s2)C1.I. The minimum Gasteiger partial charge on any atom is -0.466 e. The average Bonchev–Trinajstić information content (AvgIpc) is 2.99. The molecule has 6 nitrogen and oxygen atoms in total. The largest absolute Gasteiger partial charge is 0.466 e. The Hall–Kier alpha value is -0.900. The first kappa shape index (κ1) is 23.1. The van der Waals surface area contributed by atoms with Crippen LogP contribution in [-0.2, 0) is 22.4 Å². The maximum Gasteiger partial charge on any atom is 0.310 e. The lowest BCUT2D eigenvalue weighted by Gasteiger charge is -2.33. The molecule has 1 aromatic heterocycles. The predicted octanol–water partition coefficient (Wildman–Crippen LogP) is 3.02. The van der Waals surface area contributed by atoms with Crippen molar-refractivity contribution in [1.29, 1.82) is 0 Å². The van der Waals surface area contributed by atoms with E-state index in [9.17, 15) is 4.79 Å². The molecule has 2 rings (SSSR count). The monoisotopic (exact) mass is 494 g/mol. The minimum atomic E-state index is -0.0898. The van der Waals surface area contributed by atoms with Crippen LogP contribution in [0.25, 0.3) is 0 Å². The third-order valence-electron chi connectivity index (χ3n) is 4.45. The lowest BCUT2D eigenvalue weighted by molar-refractivity contribution is -0.149. The number of thiazole rings is 1. The zero-order valence-electron chi connectivity index (χ0n) is 16.2.